The molecule has 3 rings (SSSR count). The van der Waals surface area contributed by atoms with E-state index in [-0.39, 0.29) is 18.2 Å². The van der Waals surface area contributed by atoms with E-state index in [1.165, 1.54) is 0 Å². The van der Waals surface area contributed by atoms with E-state index in [2.05, 4.69) is 10.3 Å². The number of carbonyl (C=O) groups excluding carboxylic acids is 2. The third kappa shape index (κ3) is 6.04. The number of rotatable bonds is 9. The molecule has 1 aromatic carbocycles. The van der Waals surface area contributed by atoms with Gasteiger partial charge in [-0.1, -0.05) is 36.4 Å². The number of furan rings is 1. The van der Waals surface area contributed by atoms with Crippen LogP contribution in [0.25, 0.3) is 0 Å². The largest absolute Gasteiger partial charge is 0.466 e. The van der Waals surface area contributed by atoms with Crippen molar-refractivity contribution in [1.82, 2.24) is 15.2 Å². The molecule has 0 radical (unpaired) electrons. The van der Waals surface area contributed by atoms with Gasteiger partial charge in [0.25, 0.3) is 5.91 Å². The van der Waals surface area contributed by atoms with E-state index in [4.69, 9.17) is 4.42 Å². The first-order valence-corrected chi connectivity index (χ1v) is 10.1. The first-order valence-electron chi connectivity index (χ1n) is 10.1. The normalized spacial score (nSPS) is 10.6. The van der Waals surface area contributed by atoms with Crippen LogP contribution in [0.5, 0.6) is 0 Å². The molecule has 2 aromatic heterocycles. The van der Waals surface area contributed by atoms with Crippen molar-refractivity contribution in [3.8, 4) is 0 Å². The molecule has 0 saturated heterocycles. The molecule has 2 amide bonds. The van der Waals surface area contributed by atoms with Gasteiger partial charge in [0.05, 0.1) is 5.56 Å². The summed E-state index contributed by atoms with van der Waals surface area (Å²) in [5.74, 6) is 1.07. The molecule has 30 heavy (non-hydrogen) atoms. The Morgan fingerprint density at radius 1 is 1.07 bits per heavy atom. The molecule has 6 heteroatoms. The molecule has 156 valence electrons. The maximum absolute atomic E-state index is 13.1. The summed E-state index contributed by atoms with van der Waals surface area (Å²) in [7, 11) is 0. The SMILES string of the molecule is Cc1cc(C(=O)N(CCC(=O)NCCc2ccccn2)Cc2ccccc2)c(C)o1. The molecule has 0 atom stereocenters. The highest BCUT2D eigenvalue weighted by molar-refractivity contribution is 5.95. The van der Waals surface area contributed by atoms with Gasteiger partial charge in [-0.05, 0) is 37.6 Å². The fourth-order valence-electron chi connectivity index (χ4n) is 3.27. The van der Waals surface area contributed by atoms with Gasteiger partial charge in [-0.3, -0.25) is 14.6 Å². The van der Waals surface area contributed by atoms with Crippen molar-refractivity contribution in [2.24, 2.45) is 0 Å². The topological polar surface area (TPSA) is 75.4 Å². The second kappa shape index (κ2) is 10.4. The molecule has 0 unspecified atom stereocenters. The van der Waals surface area contributed by atoms with Gasteiger partial charge in [0.2, 0.25) is 5.91 Å². The zero-order chi connectivity index (χ0) is 21.3. The molecule has 0 bridgehead atoms. The van der Waals surface area contributed by atoms with Crippen LogP contribution >= 0.6 is 0 Å². The predicted molar refractivity (Wildman–Crippen MR) is 115 cm³/mol. The summed E-state index contributed by atoms with van der Waals surface area (Å²) in [5.41, 5.74) is 2.49. The molecule has 0 spiro atoms. The summed E-state index contributed by atoms with van der Waals surface area (Å²) < 4.78 is 5.52. The zero-order valence-electron chi connectivity index (χ0n) is 17.4. The molecule has 2 heterocycles. The standard InChI is InChI=1S/C24H27N3O3/c1-18-16-22(19(2)30-18)24(29)27(17-20-8-4-3-5-9-20)15-12-23(28)26-14-11-21-10-6-7-13-25-21/h3-10,13,16H,11-12,14-15,17H2,1-2H3,(H,26,28). The van der Waals surface area contributed by atoms with E-state index in [9.17, 15) is 9.59 Å². The summed E-state index contributed by atoms with van der Waals surface area (Å²) in [6.45, 7) is 4.88. The number of hydrogen-bond donors (Lipinski definition) is 1. The minimum Gasteiger partial charge on any atom is -0.466 e. The fraction of sp³-hybridized carbons (Fsp3) is 0.292. The molecule has 0 fully saturated rings. The van der Waals surface area contributed by atoms with Crippen LogP contribution in [0.2, 0.25) is 0 Å². The minimum absolute atomic E-state index is 0.0862. The monoisotopic (exact) mass is 405 g/mol. The number of aromatic nitrogens is 1. The third-order valence-electron chi connectivity index (χ3n) is 4.81. The van der Waals surface area contributed by atoms with E-state index in [1.54, 1.807) is 24.1 Å². The Labute approximate surface area is 176 Å². The number of nitrogens with zero attached hydrogens (tertiary/aromatic N) is 2. The van der Waals surface area contributed by atoms with Crippen LogP contribution in [0.1, 0.15) is 39.6 Å². The van der Waals surface area contributed by atoms with Crippen LogP contribution in [-0.2, 0) is 17.8 Å². The predicted octanol–water partition coefficient (Wildman–Crippen LogP) is 3.68. The molecule has 3 aromatic rings. The number of aryl methyl sites for hydroxylation is 2. The second-order valence-electron chi connectivity index (χ2n) is 7.21. The van der Waals surface area contributed by atoms with Crippen molar-refractivity contribution in [3.05, 3.63) is 89.1 Å². The Balaban J connectivity index is 1.59. The Morgan fingerprint density at radius 2 is 1.83 bits per heavy atom. The van der Waals surface area contributed by atoms with E-state index in [1.807, 2.05) is 55.5 Å². The molecular formula is C24H27N3O3. The van der Waals surface area contributed by atoms with Gasteiger partial charge < -0.3 is 14.6 Å². The van der Waals surface area contributed by atoms with Crippen molar-refractivity contribution < 1.29 is 14.0 Å². The van der Waals surface area contributed by atoms with Crippen molar-refractivity contribution in [1.29, 1.82) is 0 Å². The van der Waals surface area contributed by atoms with Crippen LogP contribution in [0.15, 0.2) is 65.2 Å². The molecule has 0 aliphatic heterocycles. The molecule has 0 saturated carbocycles. The molecular weight excluding hydrogens is 378 g/mol. The fourth-order valence-corrected chi connectivity index (χ4v) is 3.27. The molecule has 1 N–H and O–H groups in total. The summed E-state index contributed by atoms with van der Waals surface area (Å²) in [5, 5.41) is 2.91. The average Bonchev–Trinajstić information content (AvgIpc) is 3.10. The van der Waals surface area contributed by atoms with E-state index in [0.29, 0.717) is 43.1 Å². The summed E-state index contributed by atoms with van der Waals surface area (Å²) in [4.78, 5) is 31.4. The van der Waals surface area contributed by atoms with E-state index >= 15 is 0 Å². The average molecular weight is 405 g/mol. The number of benzene rings is 1. The highest BCUT2D eigenvalue weighted by Gasteiger charge is 2.21. The maximum Gasteiger partial charge on any atom is 0.257 e. The number of amides is 2. The number of nitrogens with one attached hydrogen (secondary N) is 1. The van der Waals surface area contributed by atoms with Crippen LogP contribution in [0.3, 0.4) is 0 Å². The molecule has 6 nitrogen and oxygen atoms in total. The van der Waals surface area contributed by atoms with Crippen LogP contribution in [0.4, 0.5) is 0 Å². The Bertz CT molecular complexity index is 968. The lowest BCUT2D eigenvalue weighted by atomic mass is 10.1. The second-order valence-corrected chi connectivity index (χ2v) is 7.21. The molecule has 0 aliphatic rings. The summed E-state index contributed by atoms with van der Waals surface area (Å²) in [6, 6.07) is 17.2. The van der Waals surface area contributed by atoms with E-state index in [0.717, 1.165) is 11.3 Å². The Hall–Kier alpha value is -3.41. The van der Waals surface area contributed by atoms with Crippen LogP contribution in [-0.4, -0.2) is 34.8 Å². The van der Waals surface area contributed by atoms with Crippen molar-refractivity contribution in [2.45, 2.75) is 33.2 Å². The van der Waals surface area contributed by atoms with Crippen LogP contribution in [0, 0.1) is 13.8 Å². The van der Waals surface area contributed by atoms with Gasteiger partial charge in [-0.2, -0.15) is 0 Å². The summed E-state index contributed by atoms with van der Waals surface area (Å²) in [6.07, 6.45) is 2.65. The summed E-state index contributed by atoms with van der Waals surface area (Å²) >= 11 is 0. The highest BCUT2D eigenvalue weighted by Crippen LogP contribution is 2.18. The van der Waals surface area contributed by atoms with Gasteiger partial charge in [-0.25, -0.2) is 0 Å². The number of carbonyl (C=O) groups is 2. The van der Waals surface area contributed by atoms with Crippen LogP contribution < -0.4 is 5.32 Å². The Morgan fingerprint density at radius 3 is 2.50 bits per heavy atom. The third-order valence-corrected chi connectivity index (χ3v) is 4.81. The quantitative estimate of drug-likeness (QED) is 0.589. The molecule has 0 aliphatic carbocycles. The van der Waals surface area contributed by atoms with Crippen molar-refractivity contribution >= 4 is 11.8 Å². The van der Waals surface area contributed by atoms with Gasteiger partial charge in [0.15, 0.2) is 0 Å². The number of pyridine rings is 1. The first-order chi connectivity index (χ1) is 14.5. The highest BCUT2D eigenvalue weighted by atomic mass is 16.3. The van der Waals surface area contributed by atoms with Gasteiger partial charge >= 0.3 is 0 Å². The number of hydrogen-bond acceptors (Lipinski definition) is 4. The zero-order valence-corrected chi connectivity index (χ0v) is 17.4. The van der Waals surface area contributed by atoms with Gasteiger partial charge in [0, 0.05) is 44.4 Å². The maximum atomic E-state index is 13.1. The lowest BCUT2D eigenvalue weighted by molar-refractivity contribution is -0.121. The van der Waals surface area contributed by atoms with Gasteiger partial charge in [0.1, 0.15) is 11.5 Å². The smallest absolute Gasteiger partial charge is 0.257 e. The van der Waals surface area contributed by atoms with Crippen molar-refractivity contribution in [2.75, 3.05) is 13.1 Å². The first kappa shape index (κ1) is 21.3. The van der Waals surface area contributed by atoms with E-state index < -0.39 is 0 Å². The minimum atomic E-state index is -0.130. The Kier molecular flexibility index (Phi) is 7.38. The lowest BCUT2D eigenvalue weighted by Gasteiger charge is -2.22. The van der Waals surface area contributed by atoms with Crippen molar-refractivity contribution in [3.63, 3.8) is 0 Å². The lowest BCUT2D eigenvalue weighted by Crippen LogP contribution is -2.35. The van der Waals surface area contributed by atoms with Gasteiger partial charge in [-0.15, -0.1) is 0 Å².